The summed E-state index contributed by atoms with van der Waals surface area (Å²) in [6, 6.07) is 9.29. The Morgan fingerprint density at radius 1 is 1.19 bits per heavy atom. The Kier molecular flexibility index (Phi) is 10.0. The highest BCUT2D eigenvalue weighted by molar-refractivity contribution is 7.79. The van der Waals surface area contributed by atoms with Crippen molar-refractivity contribution in [2.75, 3.05) is 13.2 Å². The van der Waals surface area contributed by atoms with E-state index >= 15 is 0 Å². The van der Waals surface area contributed by atoms with E-state index in [1.165, 1.54) is 0 Å². The van der Waals surface area contributed by atoms with Gasteiger partial charge >= 0.3 is 5.24 Å². The van der Waals surface area contributed by atoms with Crippen molar-refractivity contribution in [3.63, 3.8) is 0 Å². The van der Waals surface area contributed by atoms with Gasteiger partial charge in [-0.1, -0.05) is 50.8 Å². The summed E-state index contributed by atoms with van der Waals surface area (Å²) in [4.78, 5) is 0. The lowest BCUT2D eigenvalue weighted by Crippen LogP contribution is -2.40. The number of ether oxygens (including phenoxy) is 2. The van der Waals surface area contributed by atoms with Gasteiger partial charge in [-0.2, -0.15) is 0 Å². The summed E-state index contributed by atoms with van der Waals surface area (Å²) in [5.74, 6) is 6.45. The Hall–Kier alpha value is -1.39. The summed E-state index contributed by atoms with van der Waals surface area (Å²) in [6.07, 6.45) is 1.54. The second-order valence-electron chi connectivity index (χ2n) is 7.90. The highest BCUT2D eigenvalue weighted by atomic mass is 32.1. The molecule has 0 aliphatic rings. The molecule has 0 saturated carbocycles. The third-order valence-electron chi connectivity index (χ3n) is 4.62. The number of unbranched alkanes of at least 4 members (excludes halogenated alkanes) is 1. The van der Waals surface area contributed by atoms with E-state index in [1.807, 2.05) is 30.3 Å². The molecule has 150 valence electrons. The van der Waals surface area contributed by atoms with E-state index in [1.54, 1.807) is 0 Å². The molecule has 6 heteroatoms. The summed E-state index contributed by atoms with van der Waals surface area (Å²) < 4.78 is 16.7. The number of para-hydroxylation sites is 1. The topological polar surface area (TPSA) is 47.9 Å². The third-order valence-corrected chi connectivity index (χ3v) is 9.30. The van der Waals surface area contributed by atoms with Crippen molar-refractivity contribution >= 4 is 25.8 Å². The molecule has 1 aromatic carbocycles. The highest BCUT2D eigenvalue weighted by Gasteiger charge is 2.36. The average molecular weight is 409 g/mol. The van der Waals surface area contributed by atoms with E-state index in [0.717, 1.165) is 12.8 Å². The third kappa shape index (κ3) is 9.92. The predicted octanol–water partition coefficient (Wildman–Crippen LogP) is 4.92. The fourth-order valence-electron chi connectivity index (χ4n) is 1.87. The van der Waals surface area contributed by atoms with Crippen LogP contribution in [0.15, 0.2) is 30.3 Å². The summed E-state index contributed by atoms with van der Waals surface area (Å²) in [5.41, 5.74) is 0. The van der Waals surface area contributed by atoms with Gasteiger partial charge in [-0.15, -0.1) is 0 Å². The fraction of sp³-hybridized carbons (Fsp3) is 0.571. The van der Waals surface area contributed by atoms with Crippen LogP contribution in [-0.2, 0) is 9.16 Å². The molecule has 0 radical (unpaired) electrons. The summed E-state index contributed by atoms with van der Waals surface area (Å²) in [7, 11) is -1.78. The van der Waals surface area contributed by atoms with Crippen molar-refractivity contribution in [1.29, 1.82) is 0 Å². The van der Waals surface area contributed by atoms with Crippen LogP contribution in [0.4, 0.5) is 0 Å². The van der Waals surface area contributed by atoms with Gasteiger partial charge in [0, 0.05) is 12.2 Å². The van der Waals surface area contributed by atoms with E-state index in [0.29, 0.717) is 25.4 Å². The number of hydrogen-bond acceptors (Lipinski definition) is 5. The average Bonchev–Trinajstić information content (AvgIpc) is 2.58. The number of thiocarbonyl (C=S) groups is 1. The Balaban J connectivity index is 2.14. The second-order valence-corrected chi connectivity index (χ2v) is 13.0. The SMILES string of the molecule is CC(C)(C)[Si](C)(C)OCC#CC(O)CCCCOC(=S)Oc1ccccc1. The van der Waals surface area contributed by atoms with E-state index in [9.17, 15) is 5.11 Å². The molecule has 0 saturated heterocycles. The van der Waals surface area contributed by atoms with Crippen molar-refractivity contribution in [2.24, 2.45) is 0 Å². The van der Waals surface area contributed by atoms with E-state index in [4.69, 9.17) is 26.1 Å². The molecule has 0 fully saturated rings. The Morgan fingerprint density at radius 3 is 2.48 bits per heavy atom. The van der Waals surface area contributed by atoms with Crippen LogP contribution in [0.2, 0.25) is 18.1 Å². The maximum atomic E-state index is 9.93. The minimum atomic E-state index is -1.78. The number of benzene rings is 1. The van der Waals surface area contributed by atoms with Crippen LogP contribution in [0.1, 0.15) is 40.0 Å². The first kappa shape index (κ1) is 23.6. The number of aliphatic hydroxyl groups excluding tert-OH is 1. The maximum Gasteiger partial charge on any atom is 0.357 e. The zero-order chi connectivity index (χ0) is 20.3. The normalized spacial score (nSPS) is 12.7. The second kappa shape index (κ2) is 11.5. The van der Waals surface area contributed by atoms with Gasteiger partial charge in [0.25, 0.3) is 0 Å². The van der Waals surface area contributed by atoms with Gasteiger partial charge in [0.05, 0.1) is 13.2 Å². The van der Waals surface area contributed by atoms with Crippen molar-refractivity contribution < 1.29 is 19.0 Å². The molecule has 4 nitrogen and oxygen atoms in total. The summed E-state index contributed by atoms with van der Waals surface area (Å²) in [5, 5.41) is 10.2. The van der Waals surface area contributed by atoms with Gasteiger partial charge in [0.2, 0.25) is 0 Å². The quantitative estimate of drug-likeness (QED) is 0.286. The van der Waals surface area contributed by atoms with Crippen LogP contribution in [0.3, 0.4) is 0 Å². The zero-order valence-corrected chi connectivity index (χ0v) is 18.9. The molecule has 0 amide bonds. The first-order valence-corrected chi connectivity index (χ1v) is 12.6. The van der Waals surface area contributed by atoms with Crippen molar-refractivity contribution in [2.45, 2.75) is 64.3 Å². The molecule has 0 aliphatic heterocycles. The van der Waals surface area contributed by atoms with Crippen LogP contribution < -0.4 is 4.74 Å². The first-order valence-electron chi connectivity index (χ1n) is 9.32. The van der Waals surface area contributed by atoms with Crippen LogP contribution >= 0.6 is 12.2 Å². The van der Waals surface area contributed by atoms with Crippen LogP contribution in [0, 0.1) is 11.8 Å². The van der Waals surface area contributed by atoms with Gasteiger partial charge in [-0.3, -0.25) is 0 Å². The first-order chi connectivity index (χ1) is 12.6. The largest absolute Gasteiger partial charge is 0.457 e. The molecule has 0 aromatic heterocycles. The Bertz CT molecular complexity index is 629. The smallest absolute Gasteiger partial charge is 0.357 e. The van der Waals surface area contributed by atoms with Crippen LogP contribution in [0.25, 0.3) is 0 Å². The zero-order valence-electron chi connectivity index (χ0n) is 17.1. The molecule has 1 aromatic rings. The molecule has 1 N–H and O–H groups in total. The molecule has 0 spiro atoms. The lowest BCUT2D eigenvalue weighted by atomic mass is 10.1. The van der Waals surface area contributed by atoms with Crippen molar-refractivity contribution in [3.8, 4) is 17.6 Å². The van der Waals surface area contributed by atoms with Crippen LogP contribution in [0.5, 0.6) is 5.75 Å². The highest BCUT2D eigenvalue weighted by Crippen LogP contribution is 2.36. The molecule has 0 aliphatic carbocycles. The van der Waals surface area contributed by atoms with Gasteiger partial charge in [-0.05, 0) is 49.5 Å². The molecular formula is C21H32O4SSi. The van der Waals surface area contributed by atoms with E-state index < -0.39 is 14.4 Å². The van der Waals surface area contributed by atoms with Crippen molar-refractivity contribution in [1.82, 2.24) is 0 Å². The Labute approximate surface area is 170 Å². The summed E-state index contributed by atoms with van der Waals surface area (Å²) >= 11 is 5.04. The molecule has 0 bridgehead atoms. The molecule has 1 atom stereocenters. The number of aliphatic hydroxyl groups is 1. The summed E-state index contributed by atoms with van der Waals surface area (Å²) in [6.45, 7) is 11.8. The van der Waals surface area contributed by atoms with Gasteiger partial charge in [-0.25, -0.2) is 0 Å². The molecule has 1 unspecified atom stereocenters. The van der Waals surface area contributed by atoms with Crippen LogP contribution in [-0.4, -0.2) is 38.0 Å². The minimum Gasteiger partial charge on any atom is -0.457 e. The number of hydrogen-bond donors (Lipinski definition) is 1. The van der Waals surface area contributed by atoms with Gasteiger partial charge in [0.15, 0.2) is 8.32 Å². The number of rotatable bonds is 8. The lowest BCUT2D eigenvalue weighted by molar-refractivity contribution is 0.203. The predicted molar refractivity (Wildman–Crippen MR) is 116 cm³/mol. The minimum absolute atomic E-state index is 0.115. The molecule has 0 heterocycles. The van der Waals surface area contributed by atoms with Gasteiger partial charge < -0.3 is 19.0 Å². The fourth-order valence-corrected chi connectivity index (χ4v) is 2.92. The Morgan fingerprint density at radius 2 is 1.85 bits per heavy atom. The molecule has 1 rings (SSSR count). The molecular weight excluding hydrogens is 376 g/mol. The lowest BCUT2D eigenvalue weighted by Gasteiger charge is -2.35. The van der Waals surface area contributed by atoms with Crippen molar-refractivity contribution in [3.05, 3.63) is 30.3 Å². The maximum absolute atomic E-state index is 9.93. The monoisotopic (exact) mass is 408 g/mol. The molecule has 27 heavy (non-hydrogen) atoms. The standard InChI is InChI=1S/C21H32O4SSi/c1-21(2,3)27(4,5)24-17-11-13-18(22)12-9-10-16-23-20(26)25-19-14-7-6-8-15-19/h6-8,14-15,18,22H,9-10,12,16-17H2,1-5H3. The van der Waals surface area contributed by atoms with E-state index in [2.05, 4.69) is 45.7 Å². The van der Waals surface area contributed by atoms with Gasteiger partial charge in [0.1, 0.15) is 11.9 Å². The van der Waals surface area contributed by atoms with E-state index in [-0.39, 0.29) is 10.3 Å².